The molecule has 0 aliphatic carbocycles. The van der Waals surface area contributed by atoms with E-state index >= 15 is 4.39 Å². The standard InChI is InChI=1S/C22H20F2N4O2/c1-11(2)6-13-10-30-21-18(12-4-5-17(24)26-8-12)14(23)7-15-19(21)20-16(9-25-15)27(3)22(29)28(13)20/h4-5,7-9,11,13H,6,10H2,1-3H3/t13-/m1/s1. The van der Waals surface area contributed by atoms with Crippen LogP contribution in [-0.2, 0) is 7.05 Å². The first kappa shape index (κ1) is 18.7. The van der Waals surface area contributed by atoms with Crippen LogP contribution in [0.25, 0.3) is 33.1 Å². The summed E-state index contributed by atoms with van der Waals surface area (Å²) >= 11 is 0. The Bertz CT molecular complexity index is 1360. The van der Waals surface area contributed by atoms with Crippen LogP contribution in [0.2, 0.25) is 0 Å². The molecule has 1 aliphatic rings. The van der Waals surface area contributed by atoms with Crippen molar-refractivity contribution in [2.24, 2.45) is 13.0 Å². The van der Waals surface area contributed by atoms with Gasteiger partial charge in [-0.3, -0.25) is 14.1 Å². The third-order valence-corrected chi connectivity index (χ3v) is 5.66. The molecule has 6 nitrogen and oxygen atoms in total. The Balaban J connectivity index is 1.91. The number of aromatic nitrogens is 4. The molecule has 0 radical (unpaired) electrons. The van der Waals surface area contributed by atoms with Gasteiger partial charge in [0.1, 0.15) is 18.2 Å². The van der Waals surface area contributed by atoms with E-state index in [9.17, 15) is 9.18 Å². The van der Waals surface area contributed by atoms with Crippen LogP contribution < -0.4 is 10.4 Å². The second-order valence-electron chi connectivity index (χ2n) is 8.12. The van der Waals surface area contributed by atoms with Crippen molar-refractivity contribution >= 4 is 21.9 Å². The highest BCUT2D eigenvalue weighted by molar-refractivity contribution is 6.09. The highest BCUT2D eigenvalue weighted by atomic mass is 19.1. The number of benzene rings is 1. The predicted octanol–water partition coefficient (Wildman–Crippen LogP) is 4.21. The number of halogens is 2. The molecule has 30 heavy (non-hydrogen) atoms. The molecule has 4 heterocycles. The van der Waals surface area contributed by atoms with Gasteiger partial charge in [0, 0.05) is 24.9 Å². The van der Waals surface area contributed by atoms with Gasteiger partial charge in [0.25, 0.3) is 0 Å². The lowest BCUT2D eigenvalue weighted by Gasteiger charge is -2.19. The Labute approximate surface area is 170 Å². The largest absolute Gasteiger partial charge is 0.490 e. The van der Waals surface area contributed by atoms with Crippen molar-refractivity contribution in [1.82, 2.24) is 19.1 Å². The number of rotatable bonds is 3. The fourth-order valence-corrected chi connectivity index (χ4v) is 4.36. The highest BCUT2D eigenvalue weighted by Gasteiger charge is 2.30. The van der Waals surface area contributed by atoms with Crippen molar-refractivity contribution in [1.29, 1.82) is 0 Å². The Hall–Kier alpha value is -3.29. The van der Waals surface area contributed by atoms with Gasteiger partial charge in [-0.05, 0) is 24.5 Å². The second kappa shape index (κ2) is 6.62. The first-order valence-corrected chi connectivity index (χ1v) is 9.83. The topological polar surface area (TPSA) is 61.9 Å². The van der Waals surface area contributed by atoms with E-state index in [1.54, 1.807) is 22.4 Å². The third kappa shape index (κ3) is 2.63. The zero-order chi connectivity index (χ0) is 21.2. The van der Waals surface area contributed by atoms with E-state index in [-0.39, 0.29) is 23.9 Å². The van der Waals surface area contributed by atoms with E-state index in [4.69, 9.17) is 4.74 Å². The summed E-state index contributed by atoms with van der Waals surface area (Å²) in [6.45, 7) is 4.38. The molecule has 4 aromatic rings. The smallest absolute Gasteiger partial charge is 0.329 e. The van der Waals surface area contributed by atoms with Crippen LogP contribution in [0.5, 0.6) is 5.75 Å². The minimum Gasteiger partial charge on any atom is -0.490 e. The molecule has 154 valence electrons. The summed E-state index contributed by atoms with van der Waals surface area (Å²) in [6, 6.07) is 3.77. The van der Waals surface area contributed by atoms with Gasteiger partial charge in [-0.25, -0.2) is 14.2 Å². The first-order chi connectivity index (χ1) is 14.4. The minimum absolute atomic E-state index is 0.157. The van der Waals surface area contributed by atoms with Crippen LogP contribution in [0.3, 0.4) is 0 Å². The lowest BCUT2D eigenvalue weighted by atomic mass is 10.0. The van der Waals surface area contributed by atoms with E-state index < -0.39 is 11.8 Å². The van der Waals surface area contributed by atoms with Gasteiger partial charge < -0.3 is 4.74 Å². The van der Waals surface area contributed by atoms with Gasteiger partial charge in [-0.2, -0.15) is 4.39 Å². The van der Waals surface area contributed by atoms with E-state index in [0.717, 1.165) is 6.42 Å². The molecule has 1 aromatic carbocycles. The van der Waals surface area contributed by atoms with Crippen molar-refractivity contribution in [3.63, 3.8) is 0 Å². The first-order valence-electron chi connectivity index (χ1n) is 9.83. The van der Waals surface area contributed by atoms with Crippen LogP contribution in [0.4, 0.5) is 8.78 Å². The van der Waals surface area contributed by atoms with E-state index in [1.807, 2.05) is 0 Å². The molecule has 0 bridgehead atoms. The molecule has 1 aliphatic heterocycles. The molecule has 0 spiro atoms. The number of pyridine rings is 2. The van der Waals surface area contributed by atoms with Crippen molar-refractivity contribution in [3.05, 3.63) is 52.8 Å². The van der Waals surface area contributed by atoms with Crippen molar-refractivity contribution in [2.75, 3.05) is 6.61 Å². The summed E-state index contributed by atoms with van der Waals surface area (Å²) in [6.07, 6.45) is 3.60. The molecule has 3 aromatic heterocycles. The Morgan fingerprint density at radius 2 is 2.03 bits per heavy atom. The lowest BCUT2D eigenvalue weighted by molar-refractivity contribution is 0.234. The number of ether oxygens (including phenoxy) is 1. The highest BCUT2D eigenvalue weighted by Crippen LogP contribution is 2.44. The normalized spacial score (nSPS) is 15.9. The average molecular weight is 410 g/mol. The SMILES string of the molecule is CC(C)C[C@@H]1COc2c(-c3ccc(F)nc3)c(F)cc3ncc4c(c23)n1c(=O)n4C. The molecule has 0 unspecified atom stereocenters. The van der Waals surface area contributed by atoms with Gasteiger partial charge in [-0.15, -0.1) is 0 Å². The maximum Gasteiger partial charge on any atom is 0.329 e. The van der Waals surface area contributed by atoms with Crippen molar-refractivity contribution in [2.45, 2.75) is 26.3 Å². The van der Waals surface area contributed by atoms with Gasteiger partial charge in [0.2, 0.25) is 5.95 Å². The van der Waals surface area contributed by atoms with Crippen LogP contribution in [-0.4, -0.2) is 25.7 Å². The summed E-state index contributed by atoms with van der Waals surface area (Å²) in [5.74, 6) is -0.548. The number of hydrogen-bond acceptors (Lipinski definition) is 4. The molecular formula is C22H20F2N4O2. The predicted molar refractivity (Wildman–Crippen MR) is 110 cm³/mol. The van der Waals surface area contributed by atoms with Crippen LogP contribution >= 0.6 is 0 Å². The molecule has 1 atom stereocenters. The zero-order valence-corrected chi connectivity index (χ0v) is 16.8. The number of imidazole rings is 1. The molecule has 0 N–H and O–H groups in total. The Morgan fingerprint density at radius 1 is 1.23 bits per heavy atom. The Morgan fingerprint density at radius 3 is 2.73 bits per heavy atom. The lowest BCUT2D eigenvalue weighted by Crippen LogP contribution is -2.29. The number of nitrogens with zero attached hydrogens (tertiary/aromatic N) is 4. The summed E-state index contributed by atoms with van der Waals surface area (Å²) in [4.78, 5) is 21.2. The maximum absolute atomic E-state index is 15.2. The summed E-state index contributed by atoms with van der Waals surface area (Å²) in [5, 5.41) is 0.581. The van der Waals surface area contributed by atoms with Crippen LogP contribution in [0.1, 0.15) is 26.3 Å². The second-order valence-corrected chi connectivity index (χ2v) is 8.12. The maximum atomic E-state index is 15.2. The van der Waals surface area contributed by atoms with E-state index in [1.165, 1.54) is 24.4 Å². The van der Waals surface area contributed by atoms with Gasteiger partial charge in [0.05, 0.1) is 39.7 Å². The molecule has 0 saturated carbocycles. The fourth-order valence-electron chi connectivity index (χ4n) is 4.36. The van der Waals surface area contributed by atoms with Crippen molar-refractivity contribution < 1.29 is 13.5 Å². The van der Waals surface area contributed by atoms with Gasteiger partial charge >= 0.3 is 5.69 Å². The van der Waals surface area contributed by atoms with E-state index in [2.05, 4.69) is 23.8 Å². The van der Waals surface area contributed by atoms with Gasteiger partial charge in [-0.1, -0.05) is 13.8 Å². The molecule has 8 heteroatoms. The molecule has 0 saturated heterocycles. The van der Waals surface area contributed by atoms with Crippen LogP contribution in [0.15, 0.2) is 35.4 Å². The van der Waals surface area contributed by atoms with Crippen LogP contribution in [0, 0.1) is 17.7 Å². The number of aryl methyl sites for hydroxylation is 1. The molecule has 5 rings (SSSR count). The number of hydrogen-bond donors (Lipinski definition) is 0. The fraction of sp³-hybridized carbons (Fsp3) is 0.318. The van der Waals surface area contributed by atoms with Gasteiger partial charge in [0.15, 0.2) is 0 Å². The van der Waals surface area contributed by atoms with Crippen molar-refractivity contribution in [3.8, 4) is 16.9 Å². The average Bonchev–Trinajstić information content (AvgIpc) is 2.85. The Kier molecular flexibility index (Phi) is 4.13. The molecule has 0 fully saturated rings. The minimum atomic E-state index is -0.648. The third-order valence-electron chi connectivity index (χ3n) is 5.66. The molecular weight excluding hydrogens is 390 g/mol. The summed E-state index contributed by atoms with van der Waals surface area (Å²) < 4.78 is 38.0. The van der Waals surface area contributed by atoms with E-state index in [0.29, 0.717) is 39.2 Å². The summed E-state index contributed by atoms with van der Waals surface area (Å²) in [5.41, 5.74) is 2.17. The molecule has 0 amide bonds. The quantitative estimate of drug-likeness (QED) is 0.475. The zero-order valence-electron chi connectivity index (χ0n) is 16.8. The summed E-state index contributed by atoms with van der Waals surface area (Å²) in [7, 11) is 1.71. The monoisotopic (exact) mass is 410 g/mol.